The number of aliphatic hydroxyl groups is 1. The van der Waals surface area contributed by atoms with Crippen LogP contribution in [0.4, 0.5) is 0 Å². The molecule has 0 aliphatic carbocycles. The third-order valence-electron chi connectivity index (χ3n) is 8.41. The summed E-state index contributed by atoms with van der Waals surface area (Å²) in [5.41, 5.74) is -1.03. The molecule has 0 saturated carbocycles. The molecule has 1 N–H and O–H groups in total. The lowest BCUT2D eigenvalue weighted by molar-refractivity contribution is -0.946. The number of ether oxygens (including phenoxy) is 3. The van der Waals surface area contributed by atoms with E-state index >= 15 is 0 Å². The van der Waals surface area contributed by atoms with E-state index in [1.807, 2.05) is 54.6 Å². The van der Waals surface area contributed by atoms with Gasteiger partial charge in [-0.1, -0.05) is 54.6 Å². The molecule has 6 heteroatoms. The van der Waals surface area contributed by atoms with Crippen LogP contribution in [0.25, 0.3) is 0 Å². The van der Waals surface area contributed by atoms with Crippen LogP contribution in [0.5, 0.6) is 17.2 Å². The van der Waals surface area contributed by atoms with Crippen molar-refractivity contribution >= 4 is 5.97 Å². The third kappa shape index (κ3) is 4.49. The molecule has 0 radical (unpaired) electrons. The van der Waals surface area contributed by atoms with Crippen LogP contribution >= 0.6 is 0 Å². The number of unbranched alkanes of at least 4 members (excludes halogenated alkanes) is 1. The van der Waals surface area contributed by atoms with E-state index in [4.69, 9.17) is 14.2 Å². The Bertz CT molecular complexity index is 1210. The Labute approximate surface area is 218 Å². The smallest absolute Gasteiger partial charge is 0.348 e. The van der Waals surface area contributed by atoms with E-state index < -0.39 is 11.6 Å². The van der Waals surface area contributed by atoms with E-state index in [1.54, 1.807) is 24.3 Å². The number of esters is 1. The molecule has 0 spiro atoms. The predicted molar refractivity (Wildman–Crippen MR) is 139 cm³/mol. The van der Waals surface area contributed by atoms with Crippen molar-refractivity contribution in [2.45, 2.75) is 37.4 Å². The summed E-state index contributed by atoms with van der Waals surface area (Å²) in [7, 11) is 0. The first kappa shape index (κ1) is 24.0. The fraction of sp³-hybridized carbons (Fsp3) is 0.387. The summed E-state index contributed by atoms with van der Waals surface area (Å²) in [4.78, 5) is 13.8. The van der Waals surface area contributed by atoms with Gasteiger partial charge in [0.25, 0.3) is 0 Å². The Balaban J connectivity index is 1.13. The molecule has 3 aromatic rings. The summed E-state index contributed by atoms with van der Waals surface area (Å²) in [6.07, 6.45) is 3.97. The minimum atomic E-state index is -1.89. The van der Waals surface area contributed by atoms with Gasteiger partial charge in [-0.25, -0.2) is 4.79 Å². The van der Waals surface area contributed by atoms with E-state index in [0.29, 0.717) is 35.2 Å². The van der Waals surface area contributed by atoms with Gasteiger partial charge in [0.1, 0.15) is 23.8 Å². The molecule has 1 atom stereocenters. The lowest BCUT2D eigenvalue weighted by Crippen LogP contribution is -2.65. The molecule has 4 aliphatic heterocycles. The molecule has 0 aromatic heterocycles. The van der Waals surface area contributed by atoms with Crippen molar-refractivity contribution in [3.8, 4) is 17.2 Å². The van der Waals surface area contributed by atoms with Crippen LogP contribution in [-0.2, 0) is 15.1 Å². The maximum absolute atomic E-state index is 13.8. The van der Waals surface area contributed by atoms with Gasteiger partial charge in [0.2, 0.25) is 5.60 Å². The standard InChI is InChI=1S/C31H34NO5/c33-30(31(34)25-12-4-6-14-27(25)36-28-15-7-5-13-26(28)31)37-29-22-32(19-16-23(29)17-20-32)18-8-9-21-35-24-10-2-1-3-11-24/h1-7,10-15,23,29,34H,8-9,16-22H2/q+1. The van der Waals surface area contributed by atoms with Gasteiger partial charge in [0.15, 0.2) is 6.10 Å². The SMILES string of the molecule is O=C(OC1C[N+]2(CCCCOc3ccccc3)CCC1CC2)C1(O)c2ccccc2Oc2ccccc21. The molecule has 3 fully saturated rings. The van der Waals surface area contributed by atoms with Crippen LogP contribution in [0, 0.1) is 5.92 Å². The van der Waals surface area contributed by atoms with Crippen molar-refractivity contribution in [3.05, 3.63) is 90.0 Å². The van der Waals surface area contributed by atoms with E-state index in [9.17, 15) is 9.90 Å². The highest BCUT2D eigenvalue weighted by atomic mass is 16.6. The van der Waals surface area contributed by atoms with Gasteiger partial charge in [-0.3, -0.25) is 0 Å². The number of benzene rings is 3. The quantitative estimate of drug-likeness (QED) is 0.267. The number of rotatable bonds is 8. The maximum atomic E-state index is 13.8. The second kappa shape index (κ2) is 9.84. The van der Waals surface area contributed by atoms with Gasteiger partial charge >= 0.3 is 5.97 Å². The van der Waals surface area contributed by atoms with Crippen molar-refractivity contribution in [2.75, 3.05) is 32.8 Å². The van der Waals surface area contributed by atoms with Crippen LogP contribution < -0.4 is 9.47 Å². The van der Waals surface area contributed by atoms with Crippen LogP contribution in [0.3, 0.4) is 0 Å². The van der Waals surface area contributed by atoms with Crippen molar-refractivity contribution in [2.24, 2.45) is 5.92 Å². The van der Waals surface area contributed by atoms with Crippen LogP contribution in [0.2, 0.25) is 0 Å². The van der Waals surface area contributed by atoms with Crippen molar-refractivity contribution in [1.82, 2.24) is 0 Å². The summed E-state index contributed by atoms with van der Waals surface area (Å²) in [5, 5.41) is 11.9. The summed E-state index contributed by atoms with van der Waals surface area (Å²) >= 11 is 0. The minimum absolute atomic E-state index is 0.193. The summed E-state index contributed by atoms with van der Waals surface area (Å²) < 4.78 is 19.0. The molecular weight excluding hydrogens is 466 g/mol. The molecule has 6 nitrogen and oxygen atoms in total. The normalized spacial score (nSPS) is 24.9. The highest BCUT2D eigenvalue weighted by Gasteiger charge is 2.52. The number of nitrogens with zero attached hydrogens (tertiary/aromatic N) is 1. The number of carbonyl (C=O) groups excluding carboxylic acids is 1. The zero-order valence-electron chi connectivity index (χ0n) is 21.1. The number of para-hydroxylation sites is 3. The average Bonchev–Trinajstić information content (AvgIpc) is 2.94. The highest BCUT2D eigenvalue weighted by Crippen LogP contribution is 2.48. The van der Waals surface area contributed by atoms with Crippen molar-refractivity contribution in [1.29, 1.82) is 0 Å². The molecule has 3 aromatic carbocycles. The van der Waals surface area contributed by atoms with Crippen LogP contribution in [0.1, 0.15) is 36.8 Å². The van der Waals surface area contributed by atoms with E-state index in [-0.39, 0.29) is 6.10 Å². The Morgan fingerprint density at radius 3 is 2.19 bits per heavy atom. The van der Waals surface area contributed by atoms with E-state index in [2.05, 4.69) is 0 Å². The topological polar surface area (TPSA) is 65.0 Å². The molecule has 0 amide bonds. The molecule has 7 rings (SSSR count). The van der Waals surface area contributed by atoms with Gasteiger partial charge in [0.05, 0.1) is 26.2 Å². The zero-order chi connectivity index (χ0) is 25.3. The fourth-order valence-electron chi connectivity index (χ4n) is 6.34. The molecule has 4 heterocycles. The van der Waals surface area contributed by atoms with Gasteiger partial charge in [0, 0.05) is 29.9 Å². The molecule has 1 unspecified atom stereocenters. The predicted octanol–water partition coefficient (Wildman–Crippen LogP) is 5.04. The molecule has 2 bridgehead atoms. The lowest BCUT2D eigenvalue weighted by atomic mass is 9.81. The van der Waals surface area contributed by atoms with Gasteiger partial charge in [-0.2, -0.15) is 0 Å². The van der Waals surface area contributed by atoms with Gasteiger partial charge in [-0.15, -0.1) is 0 Å². The number of quaternary nitrogens is 1. The monoisotopic (exact) mass is 500 g/mol. The summed E-state index contributed by atoms with van der Waals surface area (Å²) in [5.74, 6) is 1.62. The first-order valence-electron chi connectivity index (χ1n) is 13.4. The Morgan fingerprint density at radius 2 is 1.51 bits per heavy atom. The van der Waals surface area contributed by atoms with E-state index in [0.717, 1.165) is 62.1 Å². The maximum Gasteiger partial charge on any atom is 0.348 e. The third-order valence-corrected chi connectivity index (χ3v) is 8.41. The highest BCUT2D eigenvalue weighted by molar-refractivity contribution is 5.88. The first-order chi connectivity index (χ1) is 18.1. The first-order valence-corrected chi connectivity index (χ1v) is 13.4. The zero-order valence-corrected chi connectivity index (χ0v) is 21.1. The Morgan fingerprint density at radius 1 is 0.892 bits per heavy atom. The van der Waals surface area contributed by atoms with Gasteiger partial charge in [-0.05, 0) is 37.1 Å². The molecule has 4 aliphatic rings. The number of carbonyl (C=O) groups is 1. The number of hydrogen-bond acceptors (Lipinski definition) is 5. The largest absolute Gasteiger partial charge is 0.494 e. The second-order valence-electron chi connectivity index (χ2n) is 10.6. The number of fused-ring (bicyclic) bond motifs is 5. The Hall–Kier alpha value is -3.35. The Kier molecular flexibility index (Phi) is 6.39. The fourth-order valence-corrected chi connectivity index (χ4v) is 6.34. The lowest BCUT2D eigenvalue weighted by Gasteiger charge is -2.52. The summed E-state index contributed by atoms with van der Waals surface area (Å²) in [6.45, 7) is 4.83. The van der Waals surface area contributed by atoms with Gasteiger partial charge < -0.3 is 23.8 Å². The second-order valence-corrected chi connectivity index (χ2v) is 10.6. The van der Waals surface area contributed by atoms with Crippen LogP contribution in [0.15, 0.2) is 78.9 Å². The van der Waals surface area contributed by atoms with Crippen molar-refractivity contribution in [3.63, 3.8) is 0 Å². The number of piperidine rings is 3. The molecule has 192 valence electrons. The minimum Gasteiger partial charge on any atom is -0.494 e. The summed E-state index contributed by atoms with van der Waals surface area (Å²) in [6, 6.07) is 24.3. The molecular formula is C31H34NO5+. The van der Waals surface area contributed by atoms with Crippen molar-refractivity contribution < 1.29 is 28.6 Å². The van der Waals surface area contributed by atoms with Crippen LogP contribution in [-0.4, -0.2) is 54.4 Å². The molecule has 3 saturated heterocycles. The van der Waals surface area contributed by atoms with E-state index in [1.165, 1.54) is 0 Å². The average molecular weight is 501 g/mol. The number of hydrogen-bond donors (Lipinski definition) is 1. The molecule has 37 heavy (non-hydrogen) atoms.